The molecule has 2 heterocycles. The second-order valence-electron chi connectivity index (χ2n) is 19.0. The Morgan fingerprint density at radius 3 is 0.863 bits per heavy atom. The van der Waals surface area contributed by atoms with Gasteiger partial charge in [-0.15, -0.1) is 0 Å². The van der Waals surface area contributed by atoms with E-state index in [1.54, 1.807) is 114 Å². The van der Waals surface area contributed by atoms with E-state index in [-0.39, 0.29) is 11.4 Å². The monoisotopic (exact) mass is 1050 g/mol. The number of halogens is 6. The van der Waals surface area contributed by atoms with Crippen molar-refractivity contribution in [3.05, 3.63) is 239 Å². The Bertz CT molecular complexity index is 4570. The molecule has 378 valence electrons. The molecule has 0 N–H and O–H groups in total. The molecule has 0 unspecified atom stereocenters. The summed E-state index contributed by atoms with van der Waals surface area (Å²) in [6.07, 6.45) is -10.7. The number of alkyl halides is 6. The van der Waals surface area contributed by atoms with E-state index in [0.29, 0.717) is 129 Å². The van der Waals surface area contributed by atoms with Gasteiger partial charge in [0.1, 0.15) is 0 Å². The highest BCUT2D eigenvalue weighted by atomic mass is 19.4. The first kappa shape index (κ1) is 49.7. The lowest BCUT2D eigenvalue weighted by atomic mass is 9.89. The third kappa shape index (κ3) is 8.12. The summed E-state index contributed by atoms with van der Waals surface area (Å²) >= 11 is 0. The highest BCUT2D eigenvalue weighted by Gasteiger charge is 2.42. The SMILES string of the molecule is N#Cc1ccccc1-c1ccc2c3ccc(-c4ccccc4C#N)cc3n(-c3cc(C#N)c(-c4c(C(F)(F)F)cccc4C(F)(F)F)cc3-n3c4cc(-c5ccccc5C#N)ccc4c4ccc(-c5ccccc5C#N)cc43)c2c1. The van der Waals surface area contributed by atoms with Crippen LogP contribution in [-0.2, 0) is 12.4 Å². The zero-order valence-corrected chi connectivity index (χ0v) is 41.5. The van der Waals surface area contributed by atoms with Crippen LogP contribution < -0.4 is 0 Å². The summed E-state index contributed by atoms with van der Waals surface area (Å²) < 4.78 is 96.1. The minimum atomic E-state index is -5.33. The molecule has 0 aliphatic heterocycles. The van der Waals surface area contributed by atoms with Crippen molar-refractivity contribution in [2.24, 2.45) is 0 Å². The Balaban J connectivity index is 1.32. The fraction of sp³-hybridized carbons (Fsp3) is 0.0299. The second kappa shape index (κ2) is 19.1. The molecule has 0 bridgehead atoms. The molecule has 0 fully saturated rings. The summed E-state index contributed by atoms with van der Waals surface area (Å²) in [7, 11) is 0. The molecule has 0 aliphatic rings. The lowest BCUT2D eigenvalue weighted by Gasteiger charge is -2.23. The number of fused-ring (bicyclic) bond motifs is 6. The Morgan fingerprint density at radius 1 is 0.287 bits per heavy atom. The van der Waals surface area contributed by atoms with Crippen LogP contribution in [0.3, 0.4) is 0 Å². The van der Waals surface area contributed by atoms with Crippen molar-refractivity contribution in [2.45, 2.75) is 12.4 Å². The van der Waals surface area contributed by atoms with Crippen molar-refractivity contribution in [3.8, 4) is 97.4 Å². The summed E-state index contributed by atoms with van der Waals surface area (Å²) in [6.45, 7) is 0. The summed E-state index contributed by atoms with van der Waals surface area (Å²) in [5.74, 6) is 0. The molecule has 80 heavy (non-hydrogen) atoms. The first-order valence-electron chi connectivity index (χ1n) is 24.8. The highest BCUT2D eigenvalue weighted by molar-refractivity contribution is 6.14. The number of nitriles is 5. The molecule has 2 aromatic heterocycles. The molecule has 13 heteroatoms. The molecular weight excluding hydrogens is 1020 g/mol. The van der Waals surface area contributed by atoms with Gasteiger partial charge in [0.15, 0.2) is 0 Å². The van der Waals surface area contributed by atoms with Crippen LogP contribution in [0.25, 0.3) is 111 Å². The first-order chi connectivity index (χ1) is 38.7. The fourth-order valence-corrected chi connectivity index (χ4v) is 11.1. The van der Waals surface area contributed by atoms with Crippen LogP contribution in [0, 0.1) is 56.7 Å². The maximum atomic E-state index is 15.4. The molecular formula is C67H33F6N7. The predicted octanol–water partition coefficient (Wildman–Crippen LogP) is 17.6. The van der Waals surface area contributed by atoms with Gasteiger partial charge in [-0.05, 0) is 117 Å². The van der Waals surface area contributed by atoms with Gasteiger partial charge >= 0.3 is 12.4 Å². The minimum absolute atomic E-state index is 0.0324. The Hall–Kier alpha value is -11.2. The third-order valence-corrected chi connectivity index (χ3v) is 14.6. The van der Waals surface area contributed by atoms with E-state index in [9.17, 15) is 26.3 Å². The van der Waals surface area contributed by atoms with E-state index >= 15 is 26.3 Å². The number of rotatable bonds is 7. The van der Waals surface area contributed by atoms with Gasteiger partial charge in [-0.2, -0.15) is 52.7 Å². The Kier molecular flexibility index (Phi) is 11.9. The van der Waals surface area contributed by atoms with Gasteiger partial charge in [0.05, 0.1) is 103 Å². The highest BCUT2D eigenvalue weighted by Crippen LogP contribution is 2.49. The number of aromatic nitrogens is 2. The average Bonchev–Trinajstić information content (AvgIpc) is 4.08. The van der Waals surface area contributed by atoms with E-state index < -0.39 is 40.2 Å². The van der Waals surface area contributed by atoms with Crippen LogP contribution in [0.1, 0.15) is 38.9 Å². The van der Waals surface area contributed by atoms with Gasteiger partial charge in [0.2, 0.25) is 0 Å². The largest absolute Gasteiger partial charge is 0.417 e. The van der Waals surface area contributed by atoms with Gasteiger partial charge in [-0.3, -0.25) is 0 Å². The molecule has 0 spiro atoms. The number of hydrogen-bond donors (Lipinski definition) is 0. The molecule has 0 saturated carbocycles. The number of hydrogen-bond acceptors (Lipinski definition) is 5. The zero-order chi connectivity index (χ0) is 55.6. The molecule has 0 aliphatic carbocycles. The van der Waals surface area contributed by atoms with Gasteiger partial charge in [-0.1, -0.05) is 127 Å². The second-order valence-corrected chi connectivity index (χ2v) is 19.0. The summed E-state index contributed by atoms with van der Waals surface area (Å²) in [5, 5.41) is 55.1. The maximum Gasteiger partial charge on any atom is 0.417 e. The van der Waals surface area contributed by atoms with Gasteiger partial charge in [0, 0.05) is 32.7 Å². The fourth-order valence-electron chi connectivity index (χ4n) is 11.1. The van der Waals surface area contributed by atoms with Crippen LogP contribution in [0.4, 0.5) is 26.3 Å². The standard InChI is InChI=1S/C67H33F6N7/c68-66(69,70)57-18-9-19-58(67(71,72)73)65(57)56-33-64(80-61-30-41(50-16-7-3-12-45(50)36-76)22-26-54(61)55-27-23-42(31-62(55)80)51-17-8-4-13-46(51)37-77)63(32-47(56)38-78)79-59-28-39(48-14-5-1-10-43(48)34-74)20-24-52(59)53-25-21-40(29-60(53)79)49-15-6-2-11-44(49)35-75/h1-33H. The van der Waals surface area contributed by atoms with Crippen molar-refractivity contribution >= 4 is 43.6 Å². The van der Waals surface area contributed by atoms with Gasteiger partial charge in [-0.25, -0.2) is 0 Å². The summed E-state index contributed by atoms with van der Waals surface area (Å²) in [6, 6.07) is 65.2. The maximum absolute atomic E-state index is 15.4. The normalized spacial score (nSPS) is 11.6. The Morgan fingerprint density at radius 2 is 0.575 bits per heavy atom. The first-order valence-corrected chi connectivity index (χ1v) is 24.8. The van der Waals surface area contributed by atoms with Crippen LogP contribution >= 0.6 is 0 Å². The molecule has 0 radical (unpaired) electrons. The number of benzene rings is 10. The van der Waals surface area contributed by atoms with Crippen molar-refractivity contribution in [3.63, 3.8) is 0 Å². The molecule has 12 aromatic rings. The zero-order valence-electron chi connectivity index (χ0n) is 41.5. The lowest BCUT2D eigenvalue weighted by Crippen LogP contribution is -2.15. The Labute approximate surface area is 452 Å². The van der Waals surface area contributed by atoms with Crippen LogP contribution in [-0.4, -0.2) is 9.13 Å². The lowest BCUT2D eigenvalue weighted by molar-refractivity contribution is -0.142. The van der Waals surface area contributed by atoms with Crippen LogP contribution in [0.5, 0.6) is 0 Å². The molecule has 12 rings (SSSR count). The van der Waals surface area contributed by atoms with Gasteiger partial charge < -0.3 is 9.13 Å². The van der Waals surface area contributed by atoms with Crippen molar-refractivity contribution in [1.29, 1.82) is 26.3 Å². The summed E-state index contributed by atoms with van der Waals surface area (Å²) in [5.41, 5.74) is 2.25. The molecule has 0 saturated heterocycles. The molecule has 0 atom stereocenters. The molecule has 0 amide bonds. The predicted molar refractivity (Wildman–Crippen MR) is 296 cm³/mol. The van der Waals surface area contributed by atoms with Crippen LogP contribution in [0.15, 0.2) is 200 Å². The van der Waals surface area contributed by atoms with E-state index in [2.05, 4.69) is 24.3 Å². The third-order valence-electron chi connectivity index (χ3n) is 14.6. The summed E-state index contributed by atoms with van der Waals surface area (Å²) in [4.78, 5) is 0. The topological polar surface area (TPSA) is 129 Å². The van der Waals surface area contributed by atoms with Crippen molar-refractivity contribution < 1.29 is 26.3 Å². The molecule has 10 aromatic carbocycles. The van der Waals surface area contributed by atoms with E-state index in [0.717, 1.165) is 0 Å². The molecule has 7 nitrogen and oxygen atoms in total. The number of nitrogens with zero attached hydrogens (tertiary/aromatic N) is 7. The smallest absolute Gasteiger partial charge is 0.307 e. The minimum Gasteiger partial charge on any atom is -0.307 e. The van der Waals surface area contributed by atoms with Crippen LogP contribution in [0.2, 0.25) is 0 Å². The van der Waals surface area contributed by atoms with E-state index in [1.165, 1.54) is 12.1 Å². The van der Waals surface area contributed by atoms with Crippen molar-refractivity contribution in [2.75, 3.05) is 0 Å². The van der Waals surface area contributed by atoms with Crippen molar-refractivity contribution in [1.82, 2.24) is 9.13 Å². The van der Waals surface area contributed by atoms with Gasteiger partial charge in [0.25, 0.3) is 0 Å². The van der Waals surface area contributed by atoms with E-state index in [4.69, 9.17) is 0 Å². The van der Waals surface area contributed by atoms with E-state index in [1.807, 2.05) is 71.3 Å². The quantitative estimate of drug-likeness (QED) is 0.147. The average molecular weight is 1050 g/mol.